The van der Waals surface area contributed by atoms with Crippen LogP contribution in [0.25, 0.3) is 11.1 Å². The van der Waals surface area contributed by atoms with E-state index in [4.69, 9.17) is 28.9 Å². The minimum Gasteiger partial charge on any atom is -0.383 e. The quantitative estimate of drug-likeness (QED) is 0.256. The molecule has 10 heteroatoms. The monoisotopic (exact) mass is 532 g/mol. The van der Waals surface area contributed by atoms with Crippen LogP contribution in [-0.4, -0.2) is 53.3 Å². The molecule has 1 atom stereocenters. The van der Waals surface area contributed by atoms with E-state index >= 15 is 0 Å². The van der Waals surface area contributed by atoms with E-state index in [2.05, 4.69) is 4.98 Å². The average molecular weight is 533 g/mol. The molecule has 0 bridgehead atoms. The van der Waals surface area contributed by atoms with Gasteiger partial charge in [-0.3, -0.25) is 9.59 Å². The van der Waals surface area contributed by atoms with E-state index in [1.807, 2.05) is 25.1 Å². The second-order valence-corrected chi connectivity index (χ2v) is 10.3. The summed E-state index contributed by atoms with van der Waals surface area (Å²) >= 11 is 13.8. The van der Waals surface area contributed by atoms with Gasteiger partial charge in [-0.1, -0.05) is 35.3 Å². The number of halogens is 3. The third-order valence-corrected chi connectivity index (χ3v) is 7.77. The zero-order valence-electron chi connectivity index (χ0n) is 18.9. The zero-order valence-corrected chi connectivity index (χ0v) is 21.2. The number of benzene rings is 2. The number of nitrogens with zero attached hydrogens (tertiary/aromatic N) is 3. The molecule has 6 nitrogen and oxygen atoms in total. The third kappa shape index (κ3) is 5.55. The summed E-state index contributed by atoms with van der Waals surface area (Å²) in [6.07, 6.45) is 2.48. The summed E-state index contributed by atoms with van der Waals surface area (Å²) in [6, 6.07) is 11.9. The number of amides is 2. The van der Waals surface area contributed by atoms with Crippen molar-refractivity contribution in [3.05, 3.63) is 75.7 Å². The Morgan fingerprint density at radius 1 is 1.11 bits per heavy atom. The van der Waals surface area contributed by atoms with Crippen LogP contribution in [0.4, 0.5) is 10.2 Å². The van der Waals surface area contributed by atoms with Crippen molar-refractivity contribution in [2.75, 3.05) is 31.9 Å². The number of aromatic nitrogens is 1. The number of pyridine rings is 1. The molecular formula is C25H23Cl2FN4O2S. The fraction of sp³-hybridized carbons (Fsp3) is 0.240. The summed E-state index contributed by atoms with van der Waals surface area (Å²) in [5.41, 5.74) is 8.89. The Hall–Kier alpha value is -2.81. The molecular weight excluding hydrogens is 510 g/mol. The number of rotatable bonds is 6. The van der Waals surface area contributed by atoms with Crippen LogP contribution in [0.15, 0.2) is 53.6 Å². The van der Waals surface area contributed by atoms with Crippen molar-refractivity contribution in [2.45, 2.75) is 17.1 Å². The predicted octanol–water partition coefficient (Wildman–Crippen LogP) is 5.54. The average Bonchev–Trinajstić information content (AvgIpc) is 2.87. The number of thioether (sulfide) groups is 1. The Balaban J connectivity index is 1.51. The van der Waals surface area contributed by atoms with Crippen LogP contribution in [0.3, 0.4) is 0 Å². The maximum absolute atomic E-state index is 14.0. The number of hydrogen-bond acceptors (Lipinski definition) is 5. The molecule has 182 valence electrons. The molecule has 1 saturated heterocycles. The lowest BCUT2D eigenvalue weighted by Gasteiger charge is -2.32. The van der Waals surface area contributed by atoms with Crippen molar-refractivity contribution in [3.63, 3.8) is 0 Å². The molecule has 3 aromatic rings. The lowest BCUT2D eigenvalue weighted by atomic mass is 10.0. The standard InChI is InChI=1S/C25H23Cl2FN4O2S/c1-15(22-19(26)6-7-20(28)23(22)27)35-21-12-18(13-30-24(21)29)16-2-4-17(5-3-16)25(34)32-10-8-31(14-33)9-11-32/h2-7,12-15H,8-11H2,1H3,(H2,29,30). The number of carbonyl (C=O) groups excluding carboxylic acids is 2. The first-order valence-electron chi connectivity index (χ1n) is 10.9. The lowest BCUT2D eigenvalue weighted by Crippen LogP contribution is -2.48. The van der Waals surface area contributed by atoms with Crippen molar-refractivity contribution < 1.29 is 14.0 Å². The molecule has 1 aliphatic rings. The maximum atomic E-state index is 14.0. The van der Waals surface area contributed by atoms with E-state index in [9.17, 15) is 14.0 Å². The summed E-state index contributed by atoms with van der Waals surface area (Å²) < 4.78 is 14.0. The van der Waals surface area contributed by atoms with Crippen LogP contribution >= 0.6 is 35.0 Å². The van der Waals surface area contributed by atoms with Gasteiger partial charge in [0.25, 0.3) is 5.91 Å². The molecule has 2 amide bonds. The van der Waals surface area contributed by atoms with Crippen molar-refractivity contribution in [1.29, 1.82) is 0 Å². The van der Waals surface area contributed by atoms with E-state index in [1.54, 1.807) is 28.1 Å². The number of piperazine rings is 1. The zero-order chi connectivity index (χ0) is 25.1. The molecule has 1 aliphatic heterocycles. The fourth-order valence-electron chi connectivity index (χ4n) is 3.89. The number of hydrogen-bond donors (Lipinski definition) is 1. The van der Waals surface area contributed by atoms with E-state index in [0.717, 1.165) is 17.5 Å². The Morgan fingerprint density at radius 3 is 2.46 bits per heavy atom. The van der Waals surface area contributed by atoms with Gasteiger partial charge in [0.05, 0.1) is 9.92 Å². The van der Waals surface area contributed by atoms with E-state index in [1.165, 1.54) is 23.9 Å². The van der Waals surface area contributed by atoms with E-state index in [-0.39, 0.29) is 16.2 Å². The molecule has 1 unspecified atom stereocenters. The predicted molar refractivity (Wildman–Crippen MR) is 138 cm³/mol. The Labute approximate surface area is 217 Å². The SMILES string of the molecule is CC(Sc1cc(-c2ccc(C(=O)N3CCN(C=O)CC3)cc2)cnc1N)c1c(Cl)ccc(F)c1Cl. The van der Waals surface area contributed by atoms with Gasteiger partial charge in [-0.05, 0) is 42.8 Å². The van der Waals surface area contributed by atoms with Crippen LogP contribution in [0.2, 0.25) is 10.0 Å². The number of carbonyl (C=O) groups is 2. The van der Waals surface area contributed by atoms with E-state index < -0.39 is 5.82 Å². The van der Waals surface area contributed by atoms with Gasteiger partial charge in [-0.15, -0.1) is 11.8 Å². The molecule has 4 rings (SSSR count). The van der Waals surface area contributed by atoms with Crippen molar-refractivity contribution >= 4 is 53.1 Å². The van der Waals surface area contributed by atoms with Crippen LogP contribution in [-0.2, 0) is 4.79 Å². The normalized spacial score (nSPS) is 14.6. The van der Waals surface area contributed by atoms with Crippen molar-refractivity contribution in [2.24, 2.45) is 0 Å². The van der Waals surface area contributed by atoms with E-state index in [0.29, 0.717) is 53.0 Å². The van der Waals surface area contributed by atoms with Crippen LogP contribution in [0.5, 0.6) is 0 Å². The molecule has 0 saturated carbocycles. The molecule has 0 spiro atoms. The minimum absolute atomic E-state index is 0.00647. The molecule has 0 aliphatic carbocycles. The fourth-order valence-corrected chi connectivity index (χ4v) is 5.83. The Bertz CT molecular complexity index is 1250. The third-order valence-electron chi connectivity index (χ3n) is 5.89. The molecule has 2 aromatic carbocycles. The Kier molecular flexibility index (Phi) is 7.84. The van der Waals surface area contributed by atoms with Gasteiger partial charge in [-0.2, -0.15) is 0 Å². The number of nitrogens with two attached hydrogens (primary N) is 1. The van der Waals surface area contributed by atoms with Gasteiger partial charge < -0.3 is 15.5 Å². The highest BCUT2D eigenvalue weighted by molar-refractivity contribution is 7.99. The van der Waals surface area contributed by atoms with Crippen LogP contribution in [0.1, 0.15) is 28.1 Å². The smallest absolute Gasteiger partial charge is 0.253 e. The second kappa shape index (κ2) is 10.8. The first-order chi connectivity index (χ1) is 16.8. The summed E-state index contributed by atoms with van der Waals surface area (Å²) in [4.78, 5) is 32.1. The van der Waals surface area contributed by atoms with Gasteiger partial charge in [0.1, 0.15) is 11.6 Å². The summed E-state index contributed by atoms with van der Waals surface area (Å²) in [7, 11) is 0. The largest absolute Gasteiger partial charge is 0.383 e. The molecule has 35 heavy (non-hydrogen) atoms. The van der Waals surface area contributed by atoms with Gasteiger partial charge in [0.15, 0.2) is 0 Å². The highest BCUT2D eigenvalue weighted by atomic mass is 35.5. The van der Waals surface area contributed by atoms with Gasteiger partial charge >= 0.3 is 0 Å². The topological polar surface area (TPSA) is 79.5 Å². The minimum atomic E-state index is -0.529. The van der Waals surface area contributed by atoms with Crippen molar-refractivity contribution in [1.82, 2.24) is 14.8 Å². The maximum Gasteiger partial charge on any atom is 0.253 e. The summed E-state index contributed by atoms with van der Waals surface area (Å²) in [6.45, 7) is 3.97. The summed E-state index contributed by atoms with van der Waals surface area (Å²) in [5.74, 6) is -0.249. The highest BCUT2D eigenvalue weighted by Crippen LogP contribution is 2.44. The lowest BCUT2D eigenvalue weighted by molar-refractivity contribution is -0.119. The van der Waals surface area contributed by atoms with Gasteiger partial charge in [-0.25, -0.2) is 9.37 Å². The first kappa shape index (κ1) is 25.3. The number of nitrogen functional groups attached to an aromatic ring is 1. The Morgan fingerprint density at radius 2 is 1.80 bits per heavy atom. The van der Waals surface area contributed by atoms with Crippen molar-refractivity contribution in [3.8, 4) is 11.1 Å². The highest BCUT2D eigenvalue weighted by Gasteiger charge is 2.22. The molecule has 0 radical (unpaired) electrons. The van der Waals surface area contributed by atoms with Crippen LogP contribution < -0.4 is 5.73 Å². The van der Waals surface area contributed by atoms with Crippen LogP contribution in [0, 0.1) is 5.82 Å². The molecule has 1 aromatic heterocycles. The second-order valence-electron chi connectivity index (χ2n) is 8.14. The molecule has 2 heterocycles. The molecule has 1 fully saturated rings. The van der Waals surface area contributed by atoms with Gasteiger partial charge in [0.2, 0.25) is 6.41 Å². The summed E-state index contributed by atoms with van der Waals surface area (Å²) in [5, 5.41) is 0.102. The van der Waals surface area contributed by atoms with Gasteiger partial charge in [0, 0.05) is 59.3 Å². The molecule has 2 N–H and O–H groups in total. The first-order valence-corrected chi connectivity index (χ1v) is 12.6. The number of anilines is 1.